The average molecular weight is 346 g/mol. The van der Waals surface area contributed by atoms with Gasteiger partial charge in [-0.05, 0) is 31.7 Å². The number of aromatic nitrogens is 1. The first-order valence-electron chi connectivity index (χ1n) is 8.05. The molecule has 0 saturated carbocycles. The van der Waals surface area contributed by atoms with Crippen molar-refractivity contribution in [2.45, 2.75) is 45.6 Å². The molecule has 0 aliphatic rings. The number of benzene rings is 1. The molecule has 2 aromatic rings. The van der Waals surface area contributed by atoms with E-state index in [0.717, 1.165) is 29.1 Å². The molecule has 0 fully saturated rings. The molecule has 0 aliphatic heterocycles. The molecular weight excluding hydrogens is 324 g/mol. The normalized spacial score (nSPS) is 11.9. The average Bonchev–Trinajstić information content (AvgIpc) is 2.93. The van der Waals surface area contributed by atoms with Crippen LogP contribution in [-0.4, -0.2) is 22.0 Å². The van der Waals surface area contributed by atoms with Crippen LogP contribution in [0.1, 0.15) is 58.2 Å². The van der Waals surface area contributed by atoms with Crippen LogP contribution in [0.25, 0.3) is 0 Å². The first-order chi connectivity index (χ1) is 11.5. The summed E-state index contributed by atoms with van der Waals surface area (Å²) in [4.78, 5) is 28.6. The van der Waals surface area contributed by atoms with E-state index in [1.54, 1.807) is 0 Å². The number of hydrogen-bond acceptors (Lipinski definition) is 4. The molecule has 1 unspecified atom stereocenters. The standard InChI is InChI=1S/C18H22N2O3S/c1-3-7-15-19-12(2)17(24-15)18(23)20-14(10-11-16(21)22)13-8-5-4-6-9-13/h4-6,8-9,14H,3,7,10-11H2,1-2H3,(H,20,23)(H,21,22). The van der Waals surface area contributed by atoms with Crippen LogP contribution >= 0.6 is 11.3 Å². The summed E-state index contributed by atoms with van der Waals surface area (Å²) in [6, 6.07) is 9.12. The summed E-state index contributed by atoms with van der Waals surface area (Å²) in [5.74, 6) is -1.06. The second-order valence-corrected chi connectivity index (χ2v) is 6.72. The third-order valence-electron chi connectivity index (χ3n) is 3.67. The second kappa shape index (κ2) is 8.59. The van der Waals surface area contributed by atoms with Gasteiger partial charge in [0.1, 0.15) is 4.88 Å². The van der Waals surface area contributed by atoms with E-state index in [-0.39, 0.29) is 18.4 Å². The molecule has 6 heteroatoms. The van der Waals surface area contributed by atoms with E-state index in [2.05, 4.69) is 17.2 Å². The third-order valence-corrected chi connectivity index (χ3v) is 4.88. The lowest BCUT2D eigenvalue weighted by molar-refractivity contribution is -0.137. The van der Waals surface area contributed by atoms with Crippen LogP contribution in [0.15, 0.2) is 30.3 Å². The van der Waals surface area contributed by atoms with E-state index in [1.165, 1.54) is 11.3 Å². The Morgan fingerprint density at radius 3 is 2.62 bits per heavy atom. The smallest absolute Gasteiger partial charge is 0.303 e. The summed E-state index contributed by atoms with van der Waals surface area (Å²) in [7, 11) is 0. The largest absolute Gasteiger partial charge is 0.481 e. The molecule has 0 spiro atoms. The minimum Gasteiger partial charge on any atom is -0.481 e. The van der Waals surface area contributed by atoms with E-state index in [9.17, 15) is 9.59 Å². The maximum atomic E-state index is 12.6. The maximum absolute atomic E-state index is 12.6. The highest BCUT2D eigenvalue weighted by molar-refractivity contribution is 7.13. The Kier molecular flexibility index (Phi) is 6.49. The van der Waals surface area contributed by atoms with Crippen molar-refractivity contribution in [3.63, 3.8) is 0 Å². The van der Waals surface area contributed by atoms with Gasteiger partial charge in [-0.15, -0.1) is 11.3 Å². The number of nitrogens with zero attached hydrogens (tertiary/aromatic N) is 1. The first kappa shape index (κ1) is 18.1. The van der Waals surface area contributed by atoms with Gasteiger partial charge >= 0.3 is 5.97 Å². The number of thiazole rings is 1. The van der Waals surface area contributed by atoms with Crippen molar-refractivity contribution >= 4 is 23.2 Å². The van der Waals surface area contributed by atoms with Gasteiger partial charge in [-0.3, -0.25) is 9.59 Å². The number of amides is 1. The van der Waals surface area contributed by atoms with Gasteiger partial charge in [0.25, 0.3) is 5.91 Å². The molecule has 2 rings (SSSR count). The Bertz CT molecular complexity index is 698. The molecule has 24 heavy (non-hydrogen) atoms. The van der Waals surface area contributed by atoms with Crippen molar-refractivity contribution in [2.75, 3.05) is 0 Å². The zero-order valence-electron chi connectivity index (χ0n) is 13.9. The lowest BCUT2D eigenvalue weighted by Crippen LogP contribution is -2.29. The van der Waals surface area contributed by atoms with Crippen molar-refractivity contribution in [1.82, 2.24) is 10.3 Å². The predicted molar refractivity (Wildman–Crippen MR) is 94.4 cm³/mol. The van der Waals surface area contributed by atoms with E-state index < -0.39 is 5.97 Å². The fourth-order valence-corrected chi connectivity index (χ4v) is 3.55. The SMILES string of the molecule is CCCc1nc(C)c(C(=O)NC(CCC(=O)O)c2ccccc2)s1. The van der Waals surface area contributed by atoms with Crippen LogP contribution in [0.4, 0.5) is 0 Å². The molecule has 2 N–H and O–H groups in total. The zero-order valence-corrected chi connectivity index (χ0v) is 14.7. The van der Waals surface area contributed by atoms with Gasteiger partial charge in [-0.25, -0.2) is 4.98 Å². The highest BCUT2D eigenvalue weighted by atomic mass is 32.1. The minimum atomic E-state index is -0.871. The van der Waals surface area contributed by atoms with E-state index in [1.807, 2.05) is 37.3 Å². The van der Waals surface area contributed by atoms with E-state index in [0.29, 0.717) is 11.3 Å². The monoisotopic (exact) mass is 346 g/mol. The minimum absolute atomic E-state index is 0.00258. The summed E-state index contributed by atoms with van der Waals surface area (Å²) in [6.07, 6.45) is 2.20. The summed E-state index contributed by atoms with van der Waals surface area (Å²) in [5, 5.41) is 12.9. The number of nitrogens with one attached hydrogen (secondary N) is 1. The number of aryl methyl sites for hydroxylation is 2. The quantitative estimate of drug-likeness (QED) is 0.763. The predicted octanol–water partition coefficient (Wildman–Crippen LogP) is 3.74. The molecule has 0 aliphatic carbocycles. The van der Waals surface area contributed by atoms with Gasteiger partial charge in [-0.2, -0.15) is 0 Å². The summed E-state index contributed by atoms with van der Waals surface area (Å²) in [6.45, 7) is 3.91. The fraction of sp³-hybridized carbons (Fsp3) is 0.389. The van der Waals surface area contributed by atoms with Crippen LogP contribution in [0.2, 0.25) is 0 Å². The summed E-state index contributed by atoms with van der Waals surface area (Å²) in [5.41, 5.74) is 1.63. The van der Waals surface area contributed by atoms with Crippen molar-refractivity contribution in [2.24, 2.45) is 0 Å². The first-order valence-corrected chi connectivity index (χ1v) is 8.86. The van der Waals surface area contributed by atoms with Crippen molar-refractivity contribution in [3.8, 4) is 0 Å². The molecule has 0 saturated heterocycles. The molecule has 5 nitrogen and oxygen atoms in total. The van der Waals surface area contributed by atoms with E-state index >= 15 is 0 Å². The topological polar surface area (TPSA) is 79.3 Å². The van der Waals surface area contributed by atoms with Crippen LogP contribution < -0.4 is 5.32 Å². The number of carboxylic acid groups (broad SMARTS) is 1. The molecule has 0 radical (unpaired) electrons. The maximum Gasteiger partial charge on any atom is 0.303 e. The highest BCUT2D eigenvalue weighted by Gasteiger charge is 2.20. The number of carboxylic acids is 1. The number of hydrogen-bond donors (Lipinski definition) is 2. The molecule has 1 heterocycles. The van der Waals surface area contributed by atoms with Crippen LogP contribution in [0.3, 0.4) is 0 Å². The lowest BCUT2D eigenvalue weighted by Gasteiger charge is -2.18. The zero-order chi connectivity index (χ0) is 17.5. The Morgan fingerprint density at radius 1 is 1.29 bits per heavy atom. The number of rotatable bonds is 8. The number of aliphatic carboxylic acids is 1. The highest BCUT2D eigenvalue weighted by Crippen LogP contribution is 2.23. The molecule has 128 valence electrons. The Labute approximate surface area is 145 Å². The second-order valence-electron chi connectivity index (χ2n) is 5.64. The van der Waals surface area contributed by atoms with Crippen LogP contribution in [0.5, 0.6) is 0 Å². The lowest BCUT2D eigenvalue weighted by atomic mass is 10.0. The van der Waals surface area contributed by atoms with Gasteiger partial charge in [-0.1, -0.05) is 37.3 Å². The van der Waals surface area contributed by atoms with Crippen molar-refractivity contribution in [3.05, 3.63) is 51.5 Å². The Morgan fingerprint density at radius 2 is 2.00 bits per heavy atom. The molecule has 0 bridgehead atoms. The van der Waals surface area contributed by atoms with Gasteiger partial charge in [0.05, 0.1) is 16.7 Å². The number of carbonyl (C=O) groups excluding carboxylic acids is 1. The molecule has 1 amide bonds. The Balaban J connectivity index is 2.16. The summed E-state index contributed by atoms with van der Waals surface area (Å²) < 4.78 is 0. The van der Waals surface area contributed by atoms with E-state index in [4.69, 9.17) is 5.11 Å². The van der Waals surface area contributed by atoms with Crippen molar-refractivity contribution < 1.29 is 14.7 Å². The van der Waals surface area contributed by atoms with Gasteiger partial charge in [0.2, 0.25) is 0 Å². The Hall–Kier alpha value is -2.21. The molecule has 1 atom stereocenters. The van der Waals surface area contributed by atoms with Crippen LogP contribution in [0, 0.1) is 6.92 Å². The third kappa shape index (κ3) is 4.89. The molecular formula is C18H22N2O3S. The molecule has 1 aromatic heterocycles. The number of carbonyl (C=O) groups is 2. The summed E-state index contributed by atoms with van der Waals surface area (Å²) >= 11 is 1.41. The van der Waals surface area contributed by atoms with Gasteiger partial charge in [0, 0.05) is 6.42 Å². The molecule has 1 aromatic carbocycles. The van der Waals surface area contributed by atoms with Gasteiger partial charge in [0.15, 0.2) is 0 Å². The van der Waals surface area contributed by atoms with Crippen LogP contribution in [-0.2, 0) is 11.2 Å². The fourth-order valence-electron chi connectivity index (χ4n) is 2.48. The van der Waals surface area contributed by atoms with Gasteiger partial charge < -0.3 is 10.4 Å². The van der Waals surface area contributed by atoms with Crippen molar-refractivity contribution in [1.29, 1.82) is 0 Å².